The number of nitrogens with two attached hydrogens (primary N) is 1. The Kier molecular flexibility index (Phi) is 3.45. The van der Waals surface area contributed by atoms with Crippen LogP contribution in [0.15, 0.2) is 42.5 Å². The van der Waals surface area contributed by atoms with Gasteiger partial charge >= 0.3 is 0 Å². The highest BCUT2D eigenvalue weighted by molar-refractivity contribution is 5.73. The molecule has 17 heavy (non-hydrogen) atoms. The highest BCUT2D eigenvalue weighted by atomic mass is 16.5. The van der Waals surface area contributed by atoms with Gasteiger partial charge in [-0.1, -0.05) is 30.3 Å². The zero-order chi connectivity index (χ0) is 12.3. The second-order valence-corrected chi connectivity index (χ2v) is 4.05. The smallest absolute Gasteiger partial charge is 0.126 e. The highest BCUT2D eigenvalue weighted by Gasteiger charge is 2.07. The first-order valence-corrected chi connectivity index (χ1v) is 5.69. The third-order valence-corrected chi connectivity index (χ3v) is 2.93. The van der Waals surface area contributed by atoms with Crippen LogP contribution in [0.4, 0.5) is 0 Å². The van der Waals surface area contributed by atoms with Crippen molar-refractivity contribution in [2.75, 3.05) is 7.11 Å². The summed E-state index contributed by atoms with van der Waals surface area (Å²) < 4.78 is 5.40. The van der Waals surface area contributed by atoms with Crippen LogP contribution in [0.2, 0.25) is 0 Å². The first-order valence-electron chi connectivity index (χ1n) is 5.69. The molecular formula is C15H17NO. The fourth-order valence-corrected chi connectivity index (χ4v) is 1.95. The van der Waals surface area contributed by atoms with Crippen LogP contribution in [0, 0.1) is 6.92 Å². The Labute approximate surface area is 102 Å². The monoisotopic (exact) mass is 227 g/mol. The van der Waals surface area contributed by atoms with Crippen molar-refractivity contribution in [2.24, 2.45) is 5.73 Å². The van der Waals surface area contributed by atoms with Gasteiger partial charge in [0.25, 0.3) is 0 Å². The SMILES string of the molecule is COc1ccccc1-c1cc(CN)ccc1C. The molecule has 2 rings (SSSR count). The molecule has 2 aromatic rings. The summed E-state index contributed by atoms with van der Waals surface area (Å²) in [6.45, 7) is 2.66. The quantitative estimate of drug-likeness (QED) is 0.874. The molecule has 0 aromatic heterocycles. The van der Waals surface area contributed by atoms with Gasteiger partial charge in [0.05, 0.1) is 7.11 Å². The van der Waals surface area contributed by atoms with Crippen LogP contribution in [0.1, 0.15) is 11.1 Å². The number of para-hydroxylation sites is 1. The molecule has 2 heteroatoms. The second-order valence-electron chi connectivity index (χ2n) is 4.05. The molecular weight excluding hydrogens is 210 g/mol. The minimum atomic E-state index is 0.558. The van der Waals surface area contributed by atoms with E-state index in [1.165, 1.54) is 11.1 Å². The lowest BCUT2D eigenvalue weighted by Crippen LogP contribution is -1.97. The Morgan fingerprint density at radius 1 is 1.06 bits per heavy atom. The van der Waals surface area contributed by atoms with E-state index in [2.05, 4.69) is 31.2 Å². The Morgan fingerprint density at radius 2 is 1.82 bits per heavy atom. The molecule has 0 unspecified atom stereocenters. The summed E-state index contributed by atoms with van der Waals surface area (Å²) in [6, 6.07) is 14.3. The van der Waals surface area contributed by atoms with E-state index < -0.39 is 0 Å². The van der Waals surface area contributed by atoms with Crippen LogP contribution in [0.25, 0.3) is 11.1 Å². The maximum Gasteiger partial charge on any atom is 0.126 e. The summed E-state index contributed by atoms with van der Waals surface area (Å²) >= 11 is 0. The fraction of sp³-hybridized carbons (Fsp3) is 0.200. The van der Waals surface area contributed by atoms with Crippen molar-refractivity contribution < 1.29 is 4.74 Å². The molecule has 2 nitrogen and oxygen atoms in total. The Bertz CT molecular complexity index is 520. The minimum absolute atomic E-state index is 0.558. The molecule has 0 aliphatic carbocycles. The standard InChI is InChI=1S/C15H17NO/c1-11-7-8-12(10-16)9-14(11)13-5-3-4-6-15(13)17-2/h3-9H,10,16H2,1-2H3. The first kappa shape index (κ1) is 11.7. The molecule has 0 spiro atoms. The maximum absolute atomic E-state index is 5.69. The van der Waals surface area contributed by atoms with Gasteiger partial charge in [-0.25, -0.2) is 0 Å². The lowest BCUT2D eigenvalue weighted by Gasteiger charge is -2.12. The lowest BCUT2D eigenvalue weighted by atomic mass is 9.97. The Hall–Kier alpha value is -1.80. The molecule has 0 bridgehead atoms. The number of hydrogen-bond acceptors (Lipinski definition) is 2. The van der Waals surface area contributed by atoms with Crippen molar-refractivity contribution in [3.8, 4) is 16.9 Å². The fourth-order valence-electron chi connectivity index (χ4n) is 1.95. The predicted molar refractivity (Wildman–Crippen MR) is 71.1 cm³/mol. The van der Waals surface area contributed by atoms with Crippen LogP contribution in [0.3, 0.4) is 0 Å². The van der Waals surface area contributed by atoms with E-state index in [4.69, 9.17) is 10.5 Å². The van der Waals surface area contributed by atoms with E-state index in [1.54, 1.807) is 7.11 Å². The Morgan fingerprint density at radius 3 is 2.53 bits per heavy atom. The van der Waals surface area contributed by atoms with E-state index in [9.17, 15) is 0 Å². The Balaban J connectivity index is 2.59. The maximum atomic E-state index is 5.69. The molecule has 0 saturated heterocycles. The number of methoxy groups -OCH3 is 1. The van der Waals surface area contributed by atoms with E-state index in [1.807, 2.05) is 18.2 Å². The van der Waals surface area contributed by atoms with Gasteiger partial charge in [0.15, 0.2) is 0 Å². The molecule has 0 atom stereocenters. The number of aryl methyl sites for hydroxylation is 1. The number of rotatable bonds is 3. The summed E-state index contributed by atoms with van der Waals surface area (Å²) in [7, 11) is 1.70. The van der Waals surface area contributed by atoms with Crippen molar-refractivity contribution in [2.45, 2.75) is 13.5 Å². The van der Waals surface area contributed by atoms with Crippen LogP contribution in [-0.4, -0.2) is 7.11 Å². The van der Waals surface area contributed by atoms with Crippen molar-refractivity contribution in [3.63, 3.8) is 0 Å². The average molecular weight is 227 g/mol. The molecule has 0 aliphatic heterocycles. The van der Waals surface area contributed by atoms with Crippen molar-refractivity contribution in [1.29, 1.82) is 0 Å². The molecule has 2 aromatic carbocycles. The topological polar surface area (TPSA) is 35.2 Å². The van der Waals surface area contributed by atoms with E-state index in [0.717, 1.165) is 16.9 Å². The van der Waals surface area contributed by atoms with Gasteiger partial charge in [0.1, 0.15) is 5.75 Å². The largest absolute Gasteiger partial charge is 0.496 e. The summed E-state index contributed by atoms with van der Waals surface area (Å²) in [5.41, 5.74) is 10.3. The van der Waals surface area contributed by atoms with E-state index in [0.29, 0.717) is 6.54 Å². The van der Waals surface area contributed by atoms with Crippen LogP contribution in [-0.2, 0) is 6.54 Å². The molecule has 0 fully saturated rings. The van der Waals surface area contributed by atoms with Gasteiger partial charge < -0.3 is 10.5 Å². The molecule has 0 heterocycles. The number of benzene rings is 2. The molecule has 0 amide bonds. The summed E-state index contributed by atoms with van der Waals surface area (Å²) in [6.07, 6.45) is 0. The average Bonchev–Trinajstić information content (AvgIpc) is 2.39. The van der Waals surface area contributed by atoms with Crippen molar-refractivity contribution >= 4 is 0 Å². The molecule has 2 N–H and O–H groups in total. The molecule has 0 radical (unpaired) electrons. The van der Waals surface area contributed by atoms with Gasteiger partial charge in [-0.2, -0.15) is 0 Å². The third-order valence-electron chi connectivity index (χ3n) is 2.93. The minimum Gasteiger partial charge on any atom is -0.496 e. The number of hydrogen-bond donors (Lipinski definition) is 1. The van der Waals surface area contributed by atoms with Crippen LogP contribution >= 0.6 is 0 Å². The normalized spacial score (nSPS) is 10.3. The third kappa shape index (κ3) is 2.32. The highest BCUT2D eigenvalue weighted by Crippen LogP contribution is 2.32. The van der Waals surface area contributed by atoms with Gasteiger partial charge in [-0.05, 0) is 35.7 Å². The first-order chi connectivity index (χ1) is 8.26. The van der Waals surface area contributed by atoms with Crippen LogP contribution < -0.4 is 10.5 Å². The van der Waals surface area contributed by atoms with Crippen molar-refractivity contribution in [1.82, 2.24) is 0 Å². The number of ether oxygens (including phenoxy) is 1. The molecule has 0 aliphatic rings. The van der Waals surface area contributed by atoms with Gasteiger partial charge in [-0.15, -0.1) is 0 Å². The van der Waals surface area contributed by atoms with Crippen molar-refractivity contribution in [3.05, 3.63) is 53.6 Å². The van der Waals surface area contributed by atoms with Crippen LogP contribution in [0.5, 0.6) is 5.75 Å². The zero-order valence-corrected chi connectivity index (χ0v) is 10.2. The summed E-state index contributed by atoms with van der Waals surface area (Å²) in [5, 5.41) is 0. The van der Waals surface area contributed by atoms with E-state index >= 15 is 0 Å². The van der Waals surface area contributed by atoms with Gasteiger partial charge in [0, 0.05) is 12.1 Å². The second kappa shape index (κ2) is 5.02. The molecule has 88 valence electrons. The van der Waals surface area contributed by atoms with E-state index in [-0.39, 0.29) is 0 Å². The zero-order valence-electron chi connectivity index (χ0n) is 10.2. The predicted octanol–water partition coefficient (Wildman–Crippen LogP) is 3.13. The molecule has 0 saturated carbocycles. The lowest BCUT2D eigenvalue weighted by molar-refractivity contribution is 0.416. The summed E-state index contributed by atoms with van der Waals surface area (Å²) in [4.78, 5) is 0. The van der Waals surface area contributed by atoms with Gasteiger partial charge in [-0.3, -0.25) is 0 Å². The van der Waals surface area contributed by atoms with Gasteiger partial charge in [0.2, 0.25) is 0 Å². The summed E-state index contributed by atoms with van der Waals surface area (Å²) in [5.74, 6) is 0.893.